The van der Waals surface area contributed by atoms with E-state index in [1.54, 1.807) is 0 Å². The number of hydrogen-bond acceptors (Lipinski definition) is 4. The normalized spacial score (nSPS) is 22.3. The highest BCUT2D eigenvalue weighted by Gasteiger charge is 2.30. The predicted octanol–water partition coefficient (Wildman–Crippen LogP) is 4.01. The Kier molecular flexibility index (Phi) is 6.39. The monoisotopic (exact) mass is 434 g/mol. The molecule has 1 saturated heterocycles. The van der Waals surface area contributed by atoms with Crippen molar-refractivity contribution >= 4 is 26.8 Å². The van der Waals surface area contributed by atoms with E-state index in [2.05, 4.69) is 46.9 Å². The maximum absolute atomic E-state index is 13.3. The highest BCUT2D eigenvalue weighted by atomic mass is 79.9. The van der Waals surface area contributed by atoms with Crippen LogP contribution in [0.25, 0.3) is 10.9 Å². The molecule has 1 aromatic heterocycles. The van der Waals surface area contributed by atoms with Gasteiger partial charge in [-0.15, -0.1) is 0 Å². The molecule has 0 bridgehead atoms. The summed E-state index contributed by atoms with van der Waals surface area (Å²) in [4.78, 5) is 20.9. The van der Waals surface area contributed by atoms with Crippen LogP contribution in [0.15, 0.2) is 21.4 Å². The van der Waals surface area contributed by atoms with E-state index >= 15 is 0 Å². The van der Waals surface area contributed by atoms with Crippen LogP contribution in [0.3, 0.4) is 0 Å². The van der Waals surface area contributed by atoms with Crippen molar-refractivity contribution in [1.82, 2.24) is 19.8 Å². The van der Waals surface area contributed by atoms with Crippen molar-refractivity contribution in [2.75, 3.05) is 13.1 Å². The summed E-state index contributed by atoms with van der Waals surface area (Å²) in [6.45, 7) is 13.3. The Morgan fingerprint density at radius 3 is 2.52 bits per heavy atom. The maximum Gasteiger partial charge on any atom is 0.261 e. The Balaban J connectivity index is 2.18. The average Bonchev–Trinajstić information content (AvgIpc) is 2.59. The summed E-state index contributed by atoms with van der Waals surface area (Å²) in [5.74, 6) is 0.920. The van der Waals surface area contributed by atoms with Gasteiger partial charge < -0.3 is 5.32 Å². The number of nitrogens with one attached hydrogen (secondary N) is 1. The zero-order valence-electron chi connectivity index (χ0n) is 17.1. The average molecular weight is 435 g/mol. The fourth-order valence-electron chi connectivity index (χ4n) is 4.40. The fourth-order valence-corrected chi connectivity index (χ4v) is 4.98. The van der Waals surface area contributed by atoms with Crippen molar-refractivity contribution in [3.05, 3.63) is 38.3 Å². The Morgan fingerprint density at radius 1 is 1.26 bits per heavy atom. The van der Waals surface area contributed by atoms with Crippen LogP contribution >= 0.6 is 15.9 Å². The molecule has 0 aliphatic carbocycles. The smallest absolute Gasteiger partial charge is 0.261 e. The highest BCUT2D eigenvalue weighted by Crippen LogP contribution is 2.28. The second kappa shape index (κ2) is 8.41. The summed E-state index contributed by atoms with van der Waals surface area (Å²) in [6, 6.07) is 4.99. The minimum absolute atomic E-state index is 0.0687. The molecule has 2 heterocycles. The lowest BCUT2D eigenvalue weighted by atomic mass is 10.0. The van der Waals surface area contributed by atoms with Crippen molar-refractivity contribution in [1.29, 1.82) is 0 Å². The standard InChI is InChI=1S/C21H31BrN4O/c1-6-8-18(25-11-14(4)23-15(5)12-25)20-24-19-13(3)9-16(22)10-17(19)21(27)26(20)7-2/h9-10,14-15,18,23H,6-8,11-12H2,1-5H3/t14-,15+,18?. The third-order valence-electron chi connectivity index (χ3n) is 5.45. The van der Waals surface area contributed by atoms with Gasteiger partial charge in [0.1, 0.15) is 5.82 Å². The van der Waals surface area contributed by atoms with Crippen LogP contribution in [0.5, 0.6) is 0 Å². The maximum atomic E-state index is 13.3. The minimum Gasteiger partial charge on any atom is -0.309 e. The van der Waals surface area contributed by atoms with Crippen LogP contribution < -0.4 is 10.9 Å². The summed E-state index contributed by atoms with van der Waals surface area (Å²) >= 11 is 3.52. The Morgan fingerprint density at radius 2 is 1.93 bits per heavy atom. The lowest BCUT2D eigenvalue weighted by Gasteiger charge is -2.41. The molecule has 3 atom stereocenters. The van der Waals surface area contributed by atoms with E-state index in [1.165, 1.54) is 0 Å². The van der Waals surface area contributed by atoms with Gasteiger partial charge in [0.05, 0.1) is 16.9 Å². The summed E-state index contributed by atoms with van der Waals surface area (Å²) in [6.07, 6.45) is 2.07. The molecular weight excluding hydrogens is 404 g/mol. The van der Waals surface area contributed by atoms with Gasteiger partial charge in [-0.2, -0.15) is 0 Å². The quantitative estimate of drug-likeness (QED) is 0.771. The highest BCUT2D eigenvalue weighted by molar-refractivity contribution is 9.10. The lowest BCUT2D eigenvalue weighted by molar-refractivity contribution is 0.109. The predicted molar refractivity (Wildman–Crippen MR) is 115 cm³/mol. The molecule has 6 heteroatoms. The van der Waals surface area contributed by atoms with Crippen LogP contribution in [-0.2, 0) is 6.54 Å². The van der Waals surface area contributed by atoms with Crippen LogP contribution in [0.4, 0.5) is 0 Å². The first-order chi connectivity index (χ1) is 12.8. The molecule has 1 aliphatic rings. The first-order valence-corrected chi connectivity index (χ1v) is 10.9. The van der Waals surface area contributed by atoms with E-state index in [9.17, 15) is 4.79 Å². The van der Waals surface area contributed by atoms with E-state index in [-0.39, 0.29) is 11.6 Å². The first kappa shape index (κ1) is 20.5. The summed E-state index contributed by atoms with van der Waals surface area (Å²) in [5, 5.41) is 4.31. The van der Waals surface area contributed by atoms with Gasteiger partial charge in [0.25, 0.3) is 5.56 Å². The Labute approximate surface area is 170 Å². The van der Waals surface area contributed by atoms with Crippen molar-refractivity contribution in [3.8, 4) is 0 Å². The number of hydrogen-bond donors (Lipinski definition) is 1. The van der Waals surface area contributed by atoms with Gasteiger partial charge in [0.2, 0.25) is 0 Å². The molecule has 1 N–H and O–H groups in total. The van der Waals surface area contributed by atoms with E-state index in [0.717, 1.165) is 47.3 Å². The number of nitrogens with zero attached hydrogens (tertiary/aromatic N) is 3. The molecular formula is C21H31BrN4O. The molecule has 2 aromatic rings. The van der Waals surface area contributed by atoms with Crippen molar-refractivity contribution in [2.45, 2.75) is 72.1 Å². The third-order valence-corrected chi connectivity index (χ3v) is 5.90. The third kappa shape index (κ3) is 4.13. The summed E-state index contributed by atoms with van der Waals surface area (Å²) < 4.78 is 2.81. The topological polar surface area (TPSA) is 50.2 Å². The van der Waals surface area contributed by atoms with Gasteiger partial charge in [-0.25, -0.2) is 4.98 Å². The molecule has 1 fully saturated rings. The second-order valence-electron chi connectivity index (χ2n) is 7.87. The van der Waals surface area contributed by atoms with Gasteiger partial charge in [0.15, 0.2) is 0 Å². The molecule has 0 saturated carbocycles. The van der Waals surface area contributed by atoms with Gasteiger partial charge in [-0.05, 0) is 51.8 Å². The number of rotatable bonds is 5. The van der Waals surface area contributed by atoms with Crippen molar-refractivity contribution in [2.24, 2.45) is 0 Å². The number of fused-ring (bicyclic) bond motifs is 1. The van der Waals surface area contributed by atoms with Crippen LogP contribution in [0, 0.1) is 6.92 Å². The largest absolute Gasteiger partial charge is 0.309 e. The SMILES string of the molecule is CCCC(c1nc2c(C)cc(Br)cc2c(=O)n1CC)N1C[C@@H](C)N[C@@H](C)C1. The van der Waals surface area contributed by atoms with Crippen LogP contribution in [0.2, 0.25) is 0 Å². The van der Waals surface area contributed by atoms with Gasteiger partial charge in [-0.3, -0.25) is 14.3 Å². The minimum atomic E-state index is 0.0687. The molecule has 1 aliphatic heterocycles. The van der Waals surface area contributed by atoms with Gasteiger partial charge >= 0.3 is 0 Å². The van der Waals surface area contributed by atoms with Gasteiger partial charge in [0, 0.05) is 36.2 Å². The van der Waals surface area contributed by atoms with E-state index in [0.29, 0.717) is 24.0 Å². The Hall–Kier alpha value is -1.24. The molecule has 148 valence electrons. The molecule has 1 aromatic carbocycles. The molecule has 0 spiro atoms. The first-order valence-electron chi connectivity index (χ1n) is 10.1. The molecule has 27 heavy (non-hydrogen) atoms. The van der Waals surface area contributed by atoms with E-state index in [1.807, 2.05) is 30.5 Å². The molecule has 1 unspecified atom stereocenters. The van der Waals surface area contributed by atoms with E-state index < -0.39 is 0 Å². The van der Waals surface area contributed by atoms with Gasteiger partial charge in [-0.1, -0.05) is 29.3 Å². The van der Waals surface area contributed by atoms with Crippen LogP contribution in [0.1, 0.15) is 58.0 Å². The lowest BCUT2D eigenvalue weighted by Crippen LogP contribution is -2.55. The molecule has 0 amide bonds. The number of piperazine rings is 1. The second-order valence-corrected chi connectivity index (χ2v) is 8.78. The summed E-state index contributed by atoms with van der Waals surface area (Å²) in [5.41, 5.74) is 1.94. The van der Waals surface area contributed by atoms with E-state index in [4.69, 9.17) is 4.98 Å². The molecule has 0 radical (unpaired) electrons. The zero-order valence-corrected chi connectivity index (χ0v) is 18.6. The summed E-state index contributed by atoms with van der Waals surface area (Å²) in [7, 11) is 0. The fraction of sp³-hybridized carbons (Fsp3) is 0.619. The van der Waals surface area contributed by atoms with Crippen LogP contribution in [-0.4, -0.2) is 39.6 Å². The number of aromatic nitrogens is 2. The zero-order chi connectivity index (χ0) is 19.7. The molecule has 5 nitrogen and oxygen atoms in total. The van der Waals surface area contributed by atoms with Crippen molar-refractivity contribution in [3.63, 3.8) is 0 Å². The number of aryl methyl sites for hydroxylation is 1. The Bertz CT molecular complexity index is 869. The number of halogens is 1. The number of benzene rings is 1. The van der Waals surface area contributed by atoms with Crippen molar-refractivity contribution < 1.29 is 0 Å². The molecule has 3 rings (SSSR count).